The van der Waals surface area contributed by atoms with E-state index in [-0.39, 0.29) is 23.7 Å². The number of hydrogen-bond acceptors (Lipinski definition) is 3. The van der Waals surface area contributed by atoms with E-state index in [0.717, 1.165) is 24.3 Å². The van der Waals surface area contributed by atoms with Crippen molar-refractivity contribution < 1.29 is 14.3 Å². The van der Waals surface area contributed by atoms with E-state index in [9.17, 15) is 9.59 Å². The minimum Gasteiger partial charge on any atom is -0.492 e. The molecular formula is C18H23ClN2O3. The SMILES string of the molecule is C[C@@H](CNC(=O)[C@@H]1COc2ccc(Cl)cc2C1)CN1CCCC1=O. The van der Waals surface area contributed by atoms with E-state index in [0.29, 0.717) is 37.6 Å². The lowest BCUT2D eigenvalue weighted by molar-refractivity contribution is -0.128. The fraction of sp³-hybridized carbons (Fsp3) is 0.556. The summed E-state index contributed by atoms with van der Waals surface area (Å²) in [5.41, 5.74) is 0.976. The fourth-order valence-electron chi connectivity index (χ4n) is 3.29. The Kier molecular flexibility index (Phi) is 5.29. The van der Waals surface area contributed by atoms with Gasteiger partial charge in [-0.2, -0.15) is 0 Å². The lowest BCUT2D eigenvalue weighted by atomic mass is 9.96. The van der Waals surface area contributed by atoms with Gasteiger partial charge in [-0.15, -0.1) is 0 Å². The van der Waals surface area contributed by atoms with Crippen LogP contribution >= 0.6 is 11.6 Å². The van der Waals surface area contributed by atoms with E-state index >= 15 is 0 Å². The highest BCUT2D eigenvalue weighted by atomic mass is 35.5. The minimum absolute atomic E-state index is 0.000207. The molecule has 3 rings (SSSR count). The van der Waals surface area contributed by atoms with E-state index in [2.05, 4.69) is 12.2 Å². The van der Waals surface area contributed by atoms with Crippen molar-refractivity contribution in [3.05, 3.63) is 28.8 Å². The third-order valence-corrected chi connectivity index (χ3v) is 4.86. The van der Waals surface area contributed by atoms with Crippen molar-refractivity contribution >= 4 is 23.4 Å². The van der Waals surface area contributed by atoms with E-state index in [4.69, 9.17) is 16.3 Å². The quantitative estimate of drug-likeness (QED) is 0.886. The van der Waals surface area contributed by atoms with Crippen LogP contribution < -0.4 is 10.1 Å². The average molecular weight is 351 g/mol. The second-order valence-corrected chi connectivity index (χ2v) is 7.19. The molecule has 0 saturated carbocycles. The first-order valence-corrected chi connectivity index (χ1v) is 8.87. The number of hydrogen-bond donors (Lipinski definition) is 1. The first-order chi connectivity index (χ1) is 11.5. The molecule has 2 atom stereocenters. The number of benzene rings is 1. The first kappa shape index (κ1) is 17.1. The van der Waals surface area contributed by atoms with Gasteiger partial charge in [0.15, 0.2) is 0 Å². The Labute approximate surface area is 147 Å². The number of likely N-dealkylation sites (tertiary alicyclic amines) is 1. The highest BCUT2D eigenvalue weighted by Crippen LogP contribution is 2.29. The van der Waals surface area contributed by atoms with Crippen molar-refractivity contribution in [1.82, 2.24) is 10.2 Å². The largest absolute Gasteiger partial charge is 0.492 e. The van der Waals surface area contributed by atoms with E-state index < -0.39 is 0 Å². The van der Waals surface area contributed by atoms with Gasteiger partial charge in [0.25, 0.3) is 0 Å². The van der Waals surface area contributed by atoms with Crippen LogP contribution in [0.1, 0.15) is 25.3 Å². The summed E-state index contributed by atoms with van der Waals surface area (Å²) < 4.78 is 5.67. The number of carbonyl (C=O) groups excluding carboxylic acids is 2. The van der Waals surface area contributed by atoms with Gasteiger partial charge >= 0.3 is 0 Å². The zero-order chi connectivity index (χ0) is 17.1. The zero-order valence-electron chi connectivity index (χ0n) is 13.9. The van der Waals surface area contributed by atoms with Gasteiger partial charge in [-0.05, 0) is 42.5 Å². The Morgan fingerprint density at radius 2 is 2.33 bits per heavy atom. The number of ether oxygens (including phenoxy) is 1. The molecule has 0 radical (unpaired) electrons. The molecule has 24 heavy (non-hydrogen) atoms. The van der Waals surface area contributed by atoms with E-state index in [1.807, 2.05) is 17.0 Å². The molecule has 0 aromatic heterocycles. The highest BCUT2D eigenvalue weighted by molar-refractivity contribution is 6.30. The molecular weight excluding hydrogens is 328 g/mol. The third-order valence-electron chi connectivity index (χ3n) is 4.63. The van der Waals surface area contributed by atoms with Crippen LogP contribution in [0.4, 0.5) is 0 Å². The molecule has 6 heteroatoms. The molecule has 130 valence electrons. The maximum atomic E-state index is 12.4. The summed E-state index contributed by atoms with van der Waals surface area (Å²) in [6, 6.07) is 5.50. The van der Waals surface area contributed by atoms with Gasteiger partial charge in [-0.1, -0.05) is 18.5 Å². The lowest BCUT2D eigenvalue weighted by Crippen LogP contribution is -2.41. The number of carbonyl (C=O) groups is 2. The van der Waals surface area contributed by atoms with Gasteiger partial charge in [-0.25, -0.2) is 0 Å². The van der Waals surface area contributed by atoms with Crippen molar-refractivity contribution in [3.63, 3.8) is 0 Å². The second kappa shape index (κ2) is 7.43. The molecule has 0 spiro atoms. The Bertz CT molecular complexity index is 635. The van der Waals surface area contributed by atoms with Crippen molar-refractivity contribution in [2.45, 2.75) is 26.2 Å². The fourth-order valence-corrected chi connectivity index (χ4v) is 3.48. The number of rotatable bonds is 5. The number of amides is 2. The third kappa shape index (κ3) is 4.01. The van der Waals surface area contributed by atoms with Crippen molar-refractivity contribution in [3.8, 4) is 5.75 Å². The molecule has 1 saturated heterocycles. The smallest absolute Gasteiger partial charge is 0.226 e. The molecule has 5 nitrogen and oxygen atoms in total. The number of nitrogens with one attached hydrogen (secondary N) is 1. The Hall–Kier alpha value is -1.75. The average Bonchev–Trinajstić information content (AvgIpc) is 2.96. The van der Waals surface area contributed by atoms with Crippen LogP contribution in [-0.4, -0.2) is 43.0 Å². The summed E-state index contributed by atoms with van der Waals surface area (Å²) in [5.74, 6) is 1.07. The summed E-state index contributed by atoms with van der Waals surface area (Å²) in [6.07, 6.45) is 2.24. The minimum atomic E-state index is -0.198. The van der Waals surface area contributed by atoms with Crippen molar-refractivity contribution in [2.24, 2.45) is 11.8 Å². The second-order valence-electron chi connectivity index (χ2n) is 6.76. The number of fused-ring (bicyclic) bond motifs is 1. The van der Waals surface area contributed by atoms with Gasteiger partial charge in [0.05, 0.1) is 5.92 Å². The normalized spacial score (nSPS) is 21.2. The standard InChI is InChI=1S/C18H23ClN2O3/c1-12(10-21-6-2-3-17(21)22)9-20-18(23)14-7-13-8-15(19)4-5-16(13)24-11-14/h4-5,8,12,14H,2-3,6-7,9-11H2,1H3,(H,20,23)/t12-,14-/m0/s1. The predicted molar refractivity (Wildman–Crippen MR) is 92.1 cm³/mol. The first-order valence-electron chi connectivity index (χ1n) is 8.49. The molecule has 1 N–H and O–H groups in total. The molecule has 1 aromatic rings. The highest BCUT2D eigenvalue weighted by Gasteiger charge is 2.27. The van der Waals surface area contributed by atoms with Gasteiger partial charge in [0, 0.05) is 31.1 Å². The summed E-state index contributed by atoms with van der Waals surface area (Å²) in [6.45, 7) is 4.56. The van der Waals surface area contributed by atoms with Crippen LogP contribution in [0.25, 0.3) is 0 Å². The Morgan fingerprint density at radius 3 is 3.08 bits per heavy atom. The molecule has 2 amide bonds. The molecule has 2 aliphatic heterocycles. The van der Waals surface area contributed by atoms with Crippen molar-refractivity contribution in [2.75, 3.05) is 26.2 Å². The molecule has 1 aromatic carbocycles. The monoisotopic (exact) mass is 350 g/mol. The predicted octanol–water partition coefficient (Wildman–Crippen LogP) is 2.27. The lowest BCUT2D eigenvalue weighted by Gasteiger charge is -2.26. The Balaban J connectivity index is 1.48. The van der Waals surface area contributed by atoms with Crippen LogP contribution in [0.15, 0.2) is 18.2 Å². The van der Waals surface area contributed by atoms with Crippen molar-refractivity contribution in [1.29, 1.82) is 0 Å². The summed E-state index contributed by atoms with van der Waals surface area (Å²) in [4.78, 5) is 25.9. The molecule has 2 aliphatic rings. The maximum Gasteiger partial charge on any atom is 0.226 e. The Morgan fingerprint density at radius 1 is 1.50 bits per heavy atom. The van der Waals surface area contributed by atoms with Gasteiger partial charge < -0.3 is 15.0 Å². The number of halogens is 1. The van der Waals surface area contributed by atoms with E-state index in [1.54, 1.807) is 6.07 Å². The molecule has 2 heterocycles. The topological polar surface area (TPSA) is 58.6 Å². The molecule has 0 bridgehead atoms. The summed E-state index contributed by atoms with van der Waals surface area (Å²) in [5, 5.41) is 3.65. The number of nitrogens with zero attached hydrogens (tertiary/aromatic N) is 1. The van der Waals surface area contributed by atoms with Crippen LogP contribution in [0.2, 0.25) is 5.02 Å². The summed E-state index contributed by atoms with van der Waals surface area (Å²) >= 11 is 6.01. The molecule has 1 fully saturated rings. The zero-order valence-corrected chi connectivity index (χ0v) is 14.6. The molecule has 0 unspecified atom stereocenters. The van der Waals surface area contributed by atoms with Crippen LogP contribution in [0.5, 0.6) is 5.75 Å². The van der Waals surface area contributed by atoms with Gasteiger partial charge in [-0.3, -0.25) is 9.59 Å². The van der Waals surface area contributed by atoms with Gasteiger partial charge in [0.2, 0.25) is 11.8 Å². The summed E-state index contributed by atoms with van der Waals surface area (Å²) in [7, 11) is 0. The van der Waals surface area contributed by atoms with Crippen LogP contribution in [0, 0.1) is 11.8 Å². The molecule has 0 aliphatic carbocycles. The van der Waals surface area contributed by atoms with Crippen LogP contribution in [-0.2, 0) is 16.0 Å². The van der Waals surface area contributed by atoms with Gasteiger partial charge in [0.1, 0.15) is 12.4 Å². The van der Waals surface area contributed by atoms with E-state index in [1.165, 1.54) is 0 Å². The van der Waals surface area contributed by atoms with Crippen LogP contribution in [0.3, 0.4) is 0 Å². The maximum absolute atomic E-state index is 12.4.